The highest BCUT2D eigenvalue weighted by Gasteiger charge is 2.25. The third kappa shape index (κ3) is 7.85. The van der Waals surface area contributed by atoms with E-state index < -0.39 is 0 Å². The Morgan fingerprint density at radius 3 is 1.61 bits per heavy atom. The van der Waals surface area contributed by atoms with Crippen LogP contribution in [0.15, 0.2) is 99.2 Å². The molecule has 44 heavy (non-hydrogen) atoms. The zero-order valence-electron chi connectivity index (χ0n) is 25.8. The Kier molecular flexibility index (Phi) is 12.1. The van der Waals surface area contributed by atoms with Crippen LogP contribution < -0.4 is 19.3 Å². The van der Waals surface area contributed by atoms with Crippen molar-refractivity contribution in [3.05, 3.63) is 93.0 Å². The molecule has 0 bridgehead atoms. The molecule has 0 radical (unpaired) electrons. The van der Waals surface area contributed by atoms with Crippen molar-refractivity contribution in [1.82, 2.24) is 0 Å². The molecular weight excluding hydrogens is 763 g/mol. The van der Waals surface area contributed by atoms with Crippen molar-refractivity contribution in [2.24, 2.45) is 11.8 Å². The minimum Gasteiger partial charge on any atom is -0.496 e. The molecule has 0 saturated carbocycles. The van der Waals surface area contributed by atoms with Gasteiger partial charge in [-0.3, -0.25) is 0 Å². The van der Waals surface area contributed by atoms with Crippen LogP contribution in [0.5, 0.6) is 11.5 Å². The van der Waals surface area contributed by atoms with E-state index in [1.165, 1.54) is 45.4 Å². The van der Waals surface area contributed by atoms with Gasteiger partial charge in [-0.15, -0.1) is 23.5 Å². The Labute approximate surface area is 293 Å². The first-order valence-corrected chi connectivity index (χ1v) is 19.0. The van der Waals surface area contributed by atoms with Gasteiger partial charge in [0, 0.05) is 45.8 Å². The van der Waals surface area contributed by atoms with Crippen LogP contribution in [-0.2, 0) is 0 Å². The summed E-state index contributed by atoms with van der Waals surface area (Å²) >= 11 is 9.88. The van der Waals surface area contributed by atoms with Gasteiger partial charge in [0.15, 0.2) is 0 Å². The Morgan fingerprint density at radius 2 is 1.16 bits per heavy atom. The van der Waals surface area contributed by atoms with Crippen molar-refractivity contribution in [2.45, 2.75) is 36.5 Å². The van der Waals surface area contributed by atoms with Gasteiger partial charge < -0.3 is 19.3 Å². The second-order valence-electron chi connectivity index (χ2n) is 11.0. The Balaban J connectivity index is 0.000000175. The maximum absolute atomic E-state index is 5.51. The lowest BCUT2D eigenvalue weighted by Crippen LogP contribution is -2.24. The van der Waals surface area contributed by atoms with Crippen LogP contribution in [0.3, 0.4) is 0 Å². The van der Waals surface area contributed by atoms with E-state index in [-0.39, 0.29) is 0 Å². The summed E-state index contributed by atoms with van der Waals surface area (Å²) < 4.78 is 13.1. The lowest BCUT2D eigenvalue weighted by molar-refractivity contribution is 0.410. The molecule has 2 unspecified atom stereocenters. The molecule has 232 valence electrons. The number of nitrogens with zero attached hydrogens (tertiary/aromatic N) is 2. The molecule has 4 aromatic rings. The van der Waals surface area contributed by atoms with Gasteiger partial charge in [-0.05, 0) is 98.9 Å². The summed E-state index contributed by atoms with van der Waals surface area (Å²) in [7, 11) is 3.47. The topological polar surface area (TPSA) is 24.9 Å². The molecule has 0 aromatic heterocycles. The standard InChI is InChI=1S/C18H20BrNOS.C18H20INOS/c2*1-3-13-11-20(14-7-5-4-6-8-14)16-9-15(19)17(21-2)10-18(16)22-12-13/h2*4-10,13H,3,11-12H2,1-2H3. The van der Waals surface area contributed by atoms with E-state index in [9.17, 15) is 0 Å². The smallest absolute Gasteiger partial charge is 0.134 e. The van der Waals surface area contributed by atoms with Gasteiger partial charge in [0.05, 0.1) is 33.6 Å². The molecule has 0 spiro atoms. The Morgan fingerprint density at radius 1 is 0.705 bits per heavy atom. The van der Waals surface area contributed by atoms with E-state index in [4.69, 9.17) is 9.47 Å². The molecule has 0 amide bonds. The second kappa shape index (κ2) is 16.0. The zero-order chi connectivity index (χ0) is 31.1. The van der Waals surface area contributed by atoms with Crippen LogP contribution in [0, 0.1) is 15.4 Å². The fraction of sp³-hybridized carbons (Fsp3) is 0.333. The third-order valence-electron chi connectivity index (χ3n) is 8.17. The minimum atomic E-state index is 0.683. The maximum atomic E-state index is 5.51. The Hall–Kier alpha value is -2.01. The van der Waals surface area contributed by atoms with E-state index in [2.05, 4.69) is 147 Å². The number of hydrogen-bond donors (Lipinski definition) is 0. The molecule has 2 atom stereocenters. The fourth-order valence-corrected chi connectivity index (χ4v) is 9.14. The summed E-state index contributed by atoms with van der Waals surface area (Å²) in [4.78, 5) is 7.51. The molecular formula is C36H40BrIN2O2S2. The van der Waals surface area contributed by atoms with Gasteiger partial charge in [0.1, 0.15) is 11.5 Å². The van der Waals surface area contributed by atoms with Crippen molar-refractivity contribution in [3.8, 4) is 11.5 Å². The van der Waals surface area contributed by atoms with Gasteiger partial charge in [-0.25, -0.2) is 0 Å². The number of fused-ring (bicyclic) bond motifs is 2. The highest BCUT2D eigenvalue weighted by atomic mass is 127. The quantitative estimate of drug-likeness (QED) is 0.180. The number of para-hydroxylation sites is 2. The number of hydrogen-bond acceptors (Lipinski definition) is 6. The van der Waals surface area contributed by atoms with Gasteiger partial charge >= 0.3 is 0 Å². The number of benzene rings is 4. The SMILES string of the molecule is CCC1CSc2cc(OC)c(Br)cc2N(c2ccccc2)C1.CCC1CSc2cc(OC)c(I)cc2N(c2ccccc2)C1. The van der Waals surface area contributed by atoms with E-state index in [1.54, 1.807) is 14.2 Å². The number of methoxy groups -OCH3 is 2. The molecule has 0 N–H and O–H groups in total. The van der Waals surface area contributed by atoms with E-state index >= 15 is 0 Å². The molecule has 8 heteroatoms. The largest absolute Gasteiger partial charge is 0.496 e. The molecule has 2 aliphatic heterocycles. The first kappa shape index (κ1) is 33.4. The summed E-state index contributed by atoms with van der Waals surface area (Å²) in [6, 6.07) is 30.1. The van der Waals surface area contributed by atoms with Crippen LogP contribution >= 0.6 is 62.0 Å². The molecule has 0 aliphatic carbocycles. The number of thioether (sulfide) groups is 2. The van der Waals surface area contributed by atoms with Crippen molar-refractivity contribution in [2.75, 3.05) is 48.6 Å². The van der Waals surface area contributed by atoms with Crippen LogP contribution in [0.1, 0.15) is 26.7 Å². The van der Waals surface area contributed by atoms with Gasteiger partial charge in [-0.1, -0.05) is 63.1 Å². The van der Waals surface area contributed by atoms with Crippen molar-refractivity contribution in [3.63, 3.8) is 0 Å². The van der Waals surface area contributed by atoms with E-state index in [0.717, 1.165) is 44.1 Å². The zero-order valence-corrected chi connectivity index (χ0v) is 31.1. The average molecular weight is 804 g/mol. The molecule has 6 rings (SSSR count). The van der Waals surface area contributed by atoms with Crippen molar-refractivity contribution < 1.29 is 9.47 Å². The lowest BCUT2D eigenvalue weighted by Gasteiger charge is -2.27. The number of anilines is 4. The number of halogens is 2. The Bertz CT molecular complexity index is 1410. The van der Waals surface area contributed by atoms with Gasteiger partial charge in [0.2, 0.25) is 0 Å². The molecule has 4 aromatic carbocycles. The van der Waals surface area contributed by atoms with E-state index in [1.807, 2.05) is 23.5 Å². The molecule has 2 heterocycles. The maximum Gasteiger partial charge on any atom is 0.134 e. The highest BCUT2D eigenvalue weighted by molar-refractivity contribution is 14.1. The second-order valence-corrected chi connectivity index (χ2v) is 15.1. The summed E-state index contributed by atoms with van der Waals surface area (Å²) in [5.74, 6) is 5.56. The number of ether oxygens (including phenoxy) is 2. The molecule has 4 nitrogen and oxygen atoms in total. The average Bonchev–Trinajstić information content (AvgIpc) is 3.36. The van der Waals surface area contributed by atoms with Crippen LogP contribution in [0.4, 0.5) is 22.7 Å². The highest BCUT2D eigenvalue weighted by Crippen LogP contribution is 2.45. The van der Waals surface area contributed by atoms with Crippen LogP contribution in [0.2, 0.25) is 0 Å². The van der Waals surface area contributed by atoms with Crippen LogP contribution in [-0.4, -0.2) is 38.8 Å². The van der Waals surface area contributed by atoms with Crippen LogP contribution in [0.25, 0.3) is 0 Å². The normalized spacial score (nSPS) is 17.8. The predicted molar refractivity (Wildman–Crippen MR) is 202 cm³/mol. The summed E-state index contributed by atoms with van der Waals surface area (Å²) in [5, 5.41) is 0. The minimum absolute atomic E-state index is 0.683. The summed E-state index contributed by atoms with van der Waals surface area (Å²) in [5.41, 5.74) is 5.09. The van der Waals surface area contributed by atoms with Crippen molar-refractivity contribution in [1.29, 1.82) is 0 Å². The van der Waals surface area contributed by atoms with E-state index in [0.29, 0.717) is 11.8 Å². The summed E-state index contributed by atoms with van der Waals surface area (Å²) in [6.45, 7) is 6.69. The van der Waals surface area contributed by atoms with Crippen molar-refractivity contribution >= 4 is 84.8 Å². The first-order chi connectivity index (χ1) is 21.4. The lowest BCUT2D eigenvalue weighted by atomic mass is 10.1. The van der Waals surface area contributed by atoms with Gasteiger partial charge in [-0.2, -0.15) is 0 Å². The molecule has 0 saturated heterocycles. The monoisotopic (exact) mass is 802 g/mol. The molecule has 2 aliphatic rings. The number of rotatable bonds is 6. The predicted octanol–water partition coefficient (Wildman–Crippen LogP) is 11.3. The first-order valence-electron chi connectivity index (χ1n) is 15.1. The van der Waals surface area contributed by atoms with Gasteiger partial charge in [0.25, 0.3) is 0 Å². The summed E-state index contributed by atoms with van der Waals surface area (Å²) in [6.07, 6.45) is 2.40. The molecule has 0 fully saturated rings. The third-order valence-corrected chi connectivity index (χ3v) is 12.2. The fourth-order valence-electron chi connectivity index (χ4n) is 5.45.